The van der Waals surface area contributed by atoms with Gasteiger partial charge in [-0.25, -0.2) is 9.78 Å². The van der Waals surface area contributed by atoms with Crippen LogP contribution in [0.3, 0.4) is 0 Å². The van der Waals surface area contributed by atoms with Crippen molar-refractivity contribution in [2.45, 2.75) is 46.1 Å². The molecule has 0 saturated heterocycles. The van der Waals surface area contributed by atoms with Crippen LogP contribution in [0.25, 0.3) is 10.9 Å². The number of halogens is 1. The van der Waals surface area contributed by atoms with Crippen LogP contribution < -0.4 is 5.73 Å². The zero-order chi connectivity index (χ0) is 21.5. The zero-order valence-corrected chi connectivity index (χ0v) is 17.7. The van der Waals surface area contributed by atoms with Crippen LogP contribution in [0.4, 0.5) is 0 Å². The van der Waals surface area contributed by atoms with Gasteiger partial charge >= 0.3 is 5.97 Å². The first-order valence-corrected chi connectivity index (χ1v) is 9.48. The minimum Gasteiger partial charge on any atom is -0.456 e. The van der Waals surface area contributed by atoms with E-state index in [0.29, 0.717) is 5.56 Å². The first-order valence-electron chi connectivity index (χ1n) is 9.11. The molecule has 1 aromatic carbocycles. The largest absolute Gasteiger partial charge is 0.456 e. The molecular weight excluding hydrogens is 390 g/mol. The van der Waals surface area contributed by atoms with E-state index in [-0.39, 0.29) is 27.9 Å². The van der Waals surface area contributed by atoms with Crippen LogP contribution in [0.15, 0.2) is 47.1 Å². The number of fused-ring (bicyclic) bond motifs is 1. The molecule has 0 amide bonds. The summed E-state index contributed by atoms with van der Waals surface area (Å²) in [6.07, 6.45) is 0. The monoisotopic (exact) mass is 411 g/mol. The summed E-state index contributed by atoms with van der Waals surface area (Å²) in [5.41, 5.74) is 7.73. The van der Waals surface area contributed by atoms with Gasteiger partial charge in [0.1, 0.15) is 28.2 Å². The molecule has 0 aliphatic carbocycles. The van der Waals surface area contributed by atoms with Crippen molar-refractivity contribution in [1.82, 2.24) is 4.98 Å². The predicted octanol–water partition coefficient (Wildman–Crippen LogP) is 4.62. The van der Waals surface area contributed by atoms with Crippen LogP contribution in [0, 0.1) is 18.3 Å². The fourth-order valence-electron chi connectivity index (χ4n) is 3.33. The Labute approximate surface area is 174 Å². The molecule has 7 heteroatoms. The number of aromatic nitrogens is 1. The number of nitrogens with two attached hydrogens (primary N) is 1. The number of hydrogen-bond donors (Lipinski definition) is 1. The molecular formula is C22H22ClN3O3. The normalized spacial score (nSPS) is 17.2. The molecule has 29 heavy (non-hydrogen) atoms. The fourth-order valence-corrected chi connectivity index (χ4v) is 3.58. The van der Waals surface area contributed by atoms with Gasteiger partial charge in [-0.1, -0.05) is 29.8 Å². The zero-order valence-electron chi connectivity index (χ0n) is 17.0. The highest BCUT2D eigenvalue weighted by molar-refractivity contribution is 6.31. The number of hydrogen-bond acceptors (Lipinski definition) is 6. The second-order valence-electron chi connectivity index (χ2n) is 7.91. The van der Waals surface area contributed by atoms with Gasteiger partial charge in [-0.15, -0.1) is 0 Å². The summed E-state index contributed by atoms with van der Waals surface area (Å²) in [7, 11) is 0. The van der Waals surface area contributed by atoms with E-state index in [1.54, 1.807) is 27.7 Å². The Hall–Kier alpha value is -3.04. The summed E-state index contributed by atoms with van der Waals surface area (Å²) in [4.78, 5) is 17.5. The van der Waals surface area contributed by atoms with E-state index in [4.69, 9.17) is 26.8 Å². The third-order valence-corrected chi connectivity index (χ3v) is 4.87. The molecule has 2 heterocycles. The third kappa shape index (κ3) is 3.92. The second-order valence-corrected chi connectivity index (χ2v) is 8.27. The lowest BCUT2D eigenvalue weighted by molar-refractivity contribution is -0.150. The van der Waals surface area contributed by atoms with Gasteiger partial charge in [-0.3, -0.25) is 0 Å². The number of carbonyl (C=O) groups excluding carboxylic acids is 1. The average Bonchev–Trinajstić information content (AvgIpc) is 2.60. The number of ether oxygens (including phenoxy) is 2. The predicted molar refractivity (Wildman–Crippen MR) is 111 cm³/mol. The van der Waals surface area contributed by atoms with Gasteiger partial charge in [0.2, 0.25) is 5.88 Å². The maximum absolute atomic E-state index is 13.0. The first kappa shape index (κ1) is 20.7. The molecule has 6 nitrogen and oxygen atoms in total. The number of benzene rings is 1. The summed E-state index contributed by atoms with van der Waals surface area (Å²) in [6.45, 7) is 8.85. The first-order chi connectivity index (χ1) is 13.5. The number of esters is 1. The van der Waals surface area contributed by atoms with Crippen molar-refractivity contribution in [2.24, 2.45) is 5.73 Å². The van der Waals surface area contributed by atoms with Crippen molar-refractivity contribution in [3.63, 3.8) is 0 Å². The lowest BCUT2D eigenvalue weighted by Gasteiger charge is -2.29. The Balaban J connectivity index is 2.25. The summed E-state index contributed by atoms with van der Waals surface area (Å²) < 4.78 is 11.0. The van der Waals surface area contributed by atoms with E-state index in [2.05, 4.69) is 11.1 Å². The average molecular weight is 412 g/mol. The number of aryl methyl sites for hydroxylation is 1. The standard InChI is InChI=1S/C22H22ClN3O3/c1-11-7-6-8-13-9-14(19(23)26-18(11)13)17-15(10-24)20(25)28-12(2)16(17)21(27)29-22(3,4)5/h6-9,17H,25H2,1-5H3/t17-/m1/s1. The molecule has 2 aromatic rings. The van der Waals surface area contributed by atoms with Gasteiger partial charge in [-0.05, 0) is 46.2 Å². The van der Waals surface area contributed by atoms with E-state index < -0.39 is 17.5 Å². The maximum Gasteiger partial charge on any atom is 0.338 e. The van der Waals surface area contributed by atoms with Gasteiger partial charge in [-0.2, -0.15) is 5.26 Å². The molecule has 0 saturated carbocycles. The molecule has 0 spiro atoms. The van der Waals surface area contributed by atoms with Crippen LogP contribution >= 0.6 is 11.6 Å². The van der Waals surface area contributed by atoms with E-state index in [0.717, 1.165) is 16.5 Å². The van der Waals surface area contributed by atoms with Gasteiger partial charge in [0, 0.05) is 10.9 Å². The van der Waals surface area contributed by atoms with Crippen molar-refractivity contribution in [3.05, 3.63) is 63.3 Å². The number of nitriles is 1. The summed E-state index contributed by atoms with van der Waals surface area (Å²) >= 11 is 6.53. The molecule has 1 aromatic heterocycles. The highest BCUT2D eigenvalue weighted by Crippen LogP contribution is 2.43. The smallest absolute Gasteiger partial charge is 0.338 e. The number of carbonyl (C=O) groups is 1. The van der Waals surface area contributed by atoms with Crippen molar-refractivity contribution < 1.29 is 14.3 Å². The Bertz CT molecular complexity index is 1120. The van der Waals surface area contributed by atoms with Gasteiger partial charge in [0.25, 0.3) is 0 Å². The lowest BCUT2D eigenvalue weighted by atomic mass is 9.83. The molecule has 0 radical (unpaired) electrons. The van der Waals surface area contributed by atoms with Crippen LogP contribution in [0.2, 0.25) is 5.15 Å². The van der Waals surface area contributed by atoms with Gasteiger partial charge in [0.15, 0.2) is 0 Å². The third-order valence-electron chi connectivity index (χ3n) is 4.56. The fraction of sp³-hybridized carbons (Fsp3) is 0.318. The van der Waals surface area contributed by atoms with E-state index in [1.807, 2.05) is 31.2 Å². The molecule has 0 bridgehead atoms. The molecule has 150 valence electrons. The number of nitrogens with zero attached hydrogens (tertiary/aromatic N) is 2. The van der Waals surface area contributed by atoms with Crippen molar-refractivity contribution in [3.8, 4) is 6.07 Å². The Morgan fingerprint density at radius 3 is 2.66 bits per heavy atom. The van der Waals surface area contributed by atoms with Crippen LogP contribution in [-0.4, -0.2) is 16.6 Å². The Morgan fingerprint density at radius 1 is 1.34 bits per heavy atom. The Kier molecular flexibility index (Phi) is 5.29. The van der Waals surface area contributed by atoms with Crippen molar-refractivity contribution in [2.75, 3.05) is 0 Å². The van der Waals surface area contributed by atoms with Gasteiger partial charge < -0.3 is 15.2 Å². The van der Waals surface area contributed by atoms with E-state index >= 15 is 0 Å². The lowest BCUT2D eigenvalue weighted by Crippen LogP contribution is -2.30. The Morgan fingerprint density at radius 2 is 2.03 bits per heavy atom. The van der Waals surface area contributed by atoms with Crippen LogP contribution in [-0.2, 0) is 14.3 Å². The highest BCUT2D eigenvalue weighted by Gasteiger charge is 2.39. The molecule has 0 unspecified atom stereocenters. The van der Waals surface area contributed by atoms with Gasteiger partial charge in [0.05, 0.1) is 17.0 Å². The number of para-hydroxylation sites is 1. The quantitative estimate of drug-likeness (QED) is 0.571. The van der Waals surface area contributed by atoms with Crippen LogP contribution in [0.5, 0.6) is 0 Å². The summed E-state index contributed by atoms with van der Waals surface area (Å²) in [5, 5.41) is 10.8. The van der Waals surface area contributed by atoms with Crippen LogP contribution in [0.1, 0.15) is 44.7 Å². The molecule has 2 N–H and O–H groups in total. The molecule has 0 fully saturated rings. The molecule has 3 rings (SSSR count). The van der Waals surface area contributed by atoms with Crippen molar-refractivity contribution in [1.29, 1.82) is 5.26 Å². The topological polar surface area (TPSA) is 98.2 Å². The summed E-state index contributed by atoms with van der Waals surface area (Å²) in [6, 6.07) is 9.64. The molecule has 1 aliphatic rings. The summed E-state index contributed by atoms with van der Waals surface area (Å²) in [5.74, 6) is -1.24. The minimum atomic E-state index is -0.839. The second kappa shape index (κ2) is 7.41. The van der Waals surface area contributed by atoms with Crippen molar-refractivity contribution >= 4 is 28.5 Å². The SMILES string of the molecule is CC1=C(C(=O)OC(C)(C)C)[C@H](c2cc3cccc(C)c3nc2Cl)C(C#N)=C(N)O1. The minimum absolute atomic E-state index is 0.0669. The number of pyridine rings is 1. The highest BCUT2D eigenvalue weighted by atomic mass is 35.5. The van der Waals surface area contributed by atoms with E-state index in [9.17, 15) is 10.1 Å². The molecule has 1 atom stereocenters. The maximum atomic E-state index is 13.0. The number of allylic oxidation sites excluding steroid dienone is 2. The molecule has 1 aliphatic heterocycles. The number of rotatable bonds is 2. The van der Waals surface area contributed by atoms with E-state index in [1.165, 1.54) is 0 Å².